The van der Waals surface area contributed by atoms with E-state index in [1.165, 1.54) is 7.11 Å². The second-order valence-electron chi connectivity index (χ2n) is 5.30. The molecule has 122 valence electrons. The molecule has 0 spiro atoms. The van der Waals surface area contributed by atoms with Crippen molar-refractivity contribution in [2.24, 2.45) is 0 Å². The van der Waals surface area contributed by atoms with Gasteiger partial charge in [0.1, 0.15) is 0 Å². The van der Waals surface area contributed by atoms with Crippen molar-refractivity contribution >= 4 is 17.6 Å². The van der Waals surface area contributed by atoms with Crippen molar-refractivity contribution in [3.63, 3.8) is 0 Å². The number of hydrogen-bond acceptors (Lipinski definition) is 4. The Hall–Kier alpha value is -2.66. The van der Waals surface area contributed by atoms with Crippen LogP contribution in [0.5, 0.6) is 0 Å². The van der Waals surface area contributed by atoms with Gasteiger partial charge in [0.25, 0.3) is 0 Å². The molecule has 0 aliphatic heterocycles. The van der Waals surface area contributed by atoms with E-state index in [1.807, 2.05) is 43.3 Å². The molecule has 1 aromatic carbocycles. The molecule has 0 saturated carbocycles. The van der Waals surface area contributed by atoms with Crippen molar-refractivity contribution in [3.05, 3.63) is 65.1 Å². The summed E-state index contributed by atoms with van der Waals surface area (Å²) < 4.78 is 6.61. The fourth-order valence-electron chi connectivity index (χ4n) is 2.59. The molecule has 0 amide bonds. The molecule has 0 atom stereocenters. The number of aryl methyl sites for hydroxylation is 1. The Kier molecular flexibility index (Phi) is 4.62. The van der Waals surface area contributed by atoms with Crippen LogP contribution in [-0.2, 0) is 16.0 Å². The highest BCUT2D eigenvalue weighted by Gasteiger charge is 2.21. The lowest BCUT2D eigenvalue weighted by atomic mass is 10.0. The molecule has 3 rings (SSSR count). The van der Waals surface area contributed by atoms with Crippen LogP contribution >= 0.6 is 11.6 Å². The van der Waals surface area contributed by atoms with Crippen LogP contribution in [0.25, 0.3) is 16.9 Å². The summed E-state index contributed by atoms with van der Waals surface area (Å²) in [7, 11) is 1.38. The summed E-state index contributed by atoms with van der Waals surface area (Å²) in [6, 6.07) is 11.2. The van der Waals surface area contributed by atoms with Gasteiger partial charge in [-0.15, -0.1) is 0 Å². The molecule has 0 radical (unpaired) electrons. The van der Waals surface area contributed by atoms with Crippen LogP contribution in [0.1, 0.15) is 11.3 Å². The Balaban J connectivity index is 2.23. The normalized spacial score (nSPS) is 10.6. The first-order chi connectivity index (χ1) is 11.6. The maximum absolute atomic E-state index is 11.8. The zero-order valence-corrected chi connectivity index (χ0v) is 14.1. The number of esters is 1. The van der Waals surface area contributed by atoms with Gasteiger partial charge in [0.05, 0.1) is 36.8 Å². The van der Waals surface area contributed by atoms with Crippen molar-refractivity contribution in [1.29, 1.82) is 0 Å². The van der Waals surface area contributed by atoms with Crippen LogP contribution in [0, 0.1) is 6.92 Å². The van der Waals surface area contributed by atoms with Gasteiger partial charge in [0, 0.05) is 22.3 Å². The smallest absolute Gasteiger partial charge is 0.310 e. The third kappa shape index (κ3) is 3.16. The van der Waals surface area contributed by atoms with Gasteiger partial charge < -0.3 is 4.74 Å². The van der Waals surface area contributed by atoms with E-state index in [2.05, 4.69) is 10.1 Å². The number of benzene rings is 1. The van der Waals surface area contributed by atoms with E-state index in [1.54, 1.807) is 17.1 Å². The zero-order valence-electron chi connectivity index (χ0n) is 13.4. The van der Waals surface area contributed by atoms with Crippen LogP contribution in [0.4, 0.5) is 0 Å². The molecule has 5 nitrogen and oxygen atoms in total. The van der Waals surface area contributed by atoms with E-state index in [4.69, 9.17) is 16.3 Å². The number of hydrogen-bond donors (Lipinski definition) is 0. The van der Waals surface area contributed by atoms with E-state index in [0.717, 1.165) is 28.2 Å². The first-order valence-electron chi connectivity index (χ1n) is 7.42. The van der Waals surface area contributed by atoms with Gasteiger partial charge in [0.15, 0.2) is 0 Å². The summed E-state index contributed by atoms with van der Waals surface area (Å²) >= 11 is 6.15. The Bertz CT molecular complexity index is 875. The highest BCUT2D eigenvalue weighted by molar-refractivity contribution is 6.30. The lowest BCUT2D eigenvalue weighted by Gasteiger charge is -2.10. The monoisotopic (exact) mass is 341 g/mol. The van der Waals surface area contributed by atoms with E-state index in [-0.39, 0.29) is 12.4 Å². The fourth-order valence-corrected chi connectivity index (χ4v) is 2.78. The molecule has 6 heteroatoms. The Labute approximate surface area is 144 Å². The third-order valence-electron chi connectivity index (χ3n) is 3.72. The summed E-state index contributed by atoms with van der Waals surface area (Å²) in [6.07, 6.45) is 3.57. The number of methoxy groups -OCH3 is 1. The lowest BCUT2D eigenvalue weighted by Crippen LogP contribution is -2.07. The minimum atomic E-state index is -0.313. The summed E-state index contributed by atoms with van der Waals surface area (Å²) in [5.41, 5.74) is 4.08. The minimum absolute atomic E-state index is 0.143. The molecule has 0 bridgehead atoms. The fraction of sp³-hybridized carbons (Fsp3) is 0.167. The number of pyridine rings is 1. The van der Waals surface area contributed by atoms with Crippen molar-refractivity contribution < 1.29 is 9.53 Å². The predicted molar refractivity (Wildman–Crippen MR) is 92.3 cm³/mol. The van der Waals surface area contributed by atoms with Crippen molar-refractivity contribution in [1.82, 2.24) is 14.8 Å². The van der Waals surface area contributed by atoms with E-state index in [9.17, 15) is 4.79 Å². The maximum Gasteiger partial charge on any atom is 0.310 e. The van der Waals surface area contributed by atoms with Gasteiger partial charge >= 0.3 is 5.97 Å². The van der Waals surface area contributed by atoms with Crippen molar-refractivity contribution in [2.75, 3.05) is 7.11 Å². The molecule has 0 aliphatic rings. The summed E-state index contributed by atoms with van der Waals surface area (Å²) in [5, 5.41) is 5.22. The van der Waals surface area contributed by atoms with Gasteiger partial charge in [-0.2, -0.15) is 5.10 Å². The van der Waals surface area contributed by atoms with Crippen LogP contribution < -0.4 is 0 Å². The molecule has 0 aliphatic carbocycles. The Morgan fingerprint density at radius 3 is 2.79 bits per heavy atom. The van der Waals surface area contributed by atoms with E-state index < -0.39 is 0 Å². The molecule has 0 unspecified atom stereocenters. The molecule has 2 heterocycles. The van der Waals surface area contributed by atoms with Gasteiger partial charge in [-0.25, -0.2) is 4.68 Å². The molecular formula is C18H16ClN3O2. The van der Waals surface area contributed by atoms with Crippen LogP contribution in [0.3, 0.4) is 0 Å². The number of aromatic nitrogens is 3. The second-order valence-corrected chi connectivity index (χ2v) is 5.74. The Morgan fingerprint density at radius 1 is 1.29 bits per heavy atom. The number of rotatable bonds is 4. The molecule has 0 saturated heterocycles. The molecular weight excluding hydrogens is 326 g/mol. The summed E-state index contributed by atoms with van der Waals surface area (Å²) in [6.45, 7) is 1.87. The maximum atomic E-state index is 11.8. The topological polar surface area (TPSA) is 57.0 Å². The van der Waals surface area contributed by atoms with E-state index in [0.29, 0.717) is 5.02 Å². The van der Waals surface area contributed by atoms with Gasteiger partial charge in [-0.1, -0.05) is 23.7 Å². The quantitative estimate of drug-likeness (QED) is 0.680. The lowest BCUT2D eigenvalue weighted by molar-refractivity contribution is -0.139. The first-order valence-corrected chi connectivity index (χ1v) is 7.79. The largest absolute Gasteiger partial charge is 0.469 e. The number of halogens is 1. The number of ether oxygens (including phenoxy) is 1. The van der Waals surface area contributed by atoms with E-state index >= 15 is 0 Å². The average Bonchev–Trinajstić information content (AvgIpc) is 2.92. The third-order valence-corrected chi connectivity index (χ3v) is 3.96. The standard InChI is InChI=1S/C18H16ClN3O2/c1-12-16(10-17(23)24-2)18(13-5-3-6-14(19)9-13)22(21-12)15-7-4-8-20-11-15/h3-9,11H,10H2,1-2H3. The molecule has 0 N–H and O–H groups in total. The molecule has 0 fully saturated rings. The number of nitrogens with zero attached hydrogens (tertiary/aromatic N) is 3. The number of carbonyl (C=O) groups excluding carboxylic acids is 1. The van der Waals surface area contributed by atoms with Crippen molar-refractivity contribution in [2.45, 2.75) is 13.3 Å². The van der Waals surface area contributed by atoms with Gasteiger partial charge in [-0.3, -0.25) is 9.78 Å². The SMILES string of the molecule is COC(=O)Cc1c(C)nn(-c2cccnc2)c1-c1cccc(Cl)c1. The number of carbonyl (C=O) groups is 1. The zero-order chi connectivity index (χ0) is 17.1. The van der Waals surface area contributed by atoms with Crippen LogP contribution in [0.15, 0.2) is 48.8 Å². The summed E-state index contributed by atoms with van der Waals surface area (Å²) in [5.74, 6) is -0.313. The highest BCUT2D eigenvalue weighted by Crippen LogP contribution is 2.31. The van der Waals surface area contributed by atoms with Crippen molar-refractivity contribution in [3.8, 4) is 16.9 Å². The van der Waals surface area contributed by atoms with Gasteiger partial charge in [-0.05, 0) is 31.2 Å². The highest BCUT2D eigenvalue weighted by atomic mass is 35.5. The van der Waals surface area contributed by atoms with Crippen LogP contribution in [0.2, 0.25) is 5.02 Å². The minimum Gasteiger partial charge on any atom is -0.469 e. The van der Waals surface area contributed by atoms with Gasteiger partial charge in [0.2, 0.25) is 0 Å². The van der Waals surface area contributed by atoms with Crippen LogP contribution in [-0.4, -0.2) is 27.8 Å². The summed E-state index contributed by atoms with van der Waals surface area (Å²) in [4.78, 5) is 16.0. The molecule has 24 heavy (non-hydrogen) atoms. The molecule has 3 aromatic rings. The Morgan fingerprint density at radius 2 is 2.12 bits per heavy atom. The first kappa shape index (κ1) is 16.2. The molecule has 2 aromatic heterocycles. The second kappa shape index (κ2) is 6.84. The predicted octanol–water partition coefficient (Wildman–Crippen LogP) is 3.61. The average molecular weight is 342 g/mol.